The van der Waals surface area contributed by atoms with Crippen molar-refractivity contribution in [2.24, 2.45) is 0 Å². The number of rotatable bonds is 5. The minimum absolute atomic E-state index is 0.0340. The summed E-state index contributed by atoms with van der Waals surface area (Å²) in [6, 6.07) is 12.0. The Morgan fingerprint density at radius 2 is 1.93 bits per heavy atom. The first kappa shape index (κ1) is 17.0. The van der Waals surface area contributed by atoms with Gasteiger partial charge in [-0.1, -0.05) is 30.3 Å². The lowest BCUT2D eigenvalue weighted by Gasteiger charge is -2.16. The molecule has 1 aromatic carbocycles. The van der Waals surface area contributed by atoms with Crippen LogP contribution in [0.4, 0.5) is 0 Å². The third kappa shape index (κ3) is 3.33. The van der Waals surface area contributed by atoms with E-state index in [0.717, 1.165) is 34.3 Å². The molecule has 2 N–H and O–H groups in total. The van der Waals surface area contributed by atoms with E-state index in [9.17, 15) is 4.79 Å². The van der Waals surface area contributed by atoms with Gasteiger partial charge in [0.05, 0.1) is 5.69 Å². The van der Waals surface area contributed by atoms with Crippen molar-refractivity contribution in [3.63, 3.8) is 0 Å². The maximum atomic E-state index is 12.7. The fourth-order valence-corrected chi connectivity index (χ4v) is 3.24. The van der Waals surface area contributed by atoms with Crippen LogP contribution >= 0.6 is 0 Å². The van der Waals surface area contributed by atoms with E-state index in [1.54, 1.807) is 4.90 Å². The number of H-pyrrole nitrogens is 2. The molecule has 1 amide bonds. The molecular formula is C21H21N5O. The summed E-state index contributed by atoms with van der Waals surface area (Å²) in [4.78, 5) is 29.4. The van der Waals surface area contributed by atoms with Gasteiger partial charge < -0.3 is 14.9 Å². The van der Waals surface area contributed by atoms with Crippen molar-refractivity contribution in [3.8, 4) is 11.3 Å². The van der Waals surface area contributed by atoms with E-state index in [0.29, 0.717) is 12.2 Å². The monoisotopic (exact) mass is 359 g/mol. The standard InChI is InChI=1S/C21H21N5O/c1-14-11-23-20-18(14)19(24-13-25-20)16-10-17(22-12-16)21(27)26(2)9-8-15-6-4-3-5-7-15/h3-7,10-13,22H,8-9H2,1-2H3,(H,23,24,25). The summed E-state index contributed by atoms with van der Waals surface area (Å²) in [6.07, 6.45) is 6.10. The zero-order valence-corrected chi connectivity index (χ0v) is 15.4. The molecule has 0 radical (unpaired) electrons. The molecule has 0 fully saturated rings. The number of aromatic amines is 2. The van der Waals surface area contributed by atoms with Crippen LogP contribution in [-0.4, -0.2) is 44.3 Å². The van der Waals surface area contributed by atoms with Crippen molar-refractivity contribution in [1.29, 1.82) is 0 Å². The Balaban J connectivity index is 1.53. The molecule has 0 spiro atoms. The highest BCUT2D eigenvalue weighted by Crippen LogP contribution is 2.28. The van der Waals surface area contributed by atoms with Gasteiger partial charge in [0, 0.05) is 36.9 Å². The number of amides is 1. The lowest BCUT2D eigenvalue weighted by Crippen LogP contribution is -2.29. The summed E-state index contributed by atoms with van der Waals surface area (Å²) in [5.41, 5.74) is 5.35. The van der Waals surface area contributed by atoms with Crippen LogP contribution < -0.4 is 0 Å². The first-order chi connectivity index (χ1) is 13.1. The molecule has 0 unspecified atom stereocenters. The fraction of sp³-hybridized carbons (Fsp3) is 0.190. The van der Waals surface area contributed by atoms with Gasteiger partial charge in [-0.3, -0.25) is 4.79 Å². The molecule has 6 nitrogen and oxygen atoms in total. The number of nitrogens with zero attached hydrogens (tertiary/aromatic N) is 3. The molecule has 0 atom stereocenters. The van der Waals surface area contributed by atoms with E-state index in [1.807, 2.05) is 50.6 Å². The zero-order valence-electron chi connectivity index (χ0n) is 15.4. The van der Waals surface area contributed by atoms with Crippen LogP contribution in [0, 0.1) is 6.92 Å². The van der Waals surface area contributed by atoms with Gasteiger partial charge in [-0.2, -0.15) is 0 Å². The smallest absolute Gasteiger partial charge is 0.270 e. The van der Waals surface area contributed by atoms with Crippen LogP contribution in [0.2, 0.25) is 0 Å². The van der Waals surface area contributed by atoms with Crippen molar-refractivity contribution in [2.75, 3.05) is 13.6 Å². The molecular weight excluding hydrogens is 338 g/mol. The summed E-state index contributed by atoms with van der Waals surface area (Å²) < 4.78 is 0. The van der Waals surface area contributed by atoms with Crippen molar-refractivity contribution in [3.05, 3.63) is 71.9 Å². The number of hydrogen-bond acceptors (Lipinski definition) is 3. The number of nitrogens with one attached hydrogen (secondary N) is 2. The minimum Gasteiger partial charge on any atom is -0.357 e. The van der Waals surface area contributed by atoms with Crippen LogP contribution in [0.15, 0.2) is 55.1 Å². The van der Waals surface area contributed by atoms with Gasteiger partial charge in [0.2, 0.25) is 0 Å². The highest BCUT2D eigenvalue weighted by atomic mass is 16.2. The quantitative estimate of drug-likeness (QED) is 0.572. The number of carbonyl (C=O) groups is 1. The average molecular weight is 359 g/mol. The lowest BCUT2D eigenvalue weighted by atomic mass is 10.1. The first-order valence-corrected chi connectivity index (χ1v) is 8.90. The topological polar surface area (TPSA) is 77.7 Å². The number of fused-ring (bicyclic) bond motifs is 1. The average Bonchev–Trinajstić information content (AvgIpc) is 3.34. The molecule has 6 heteroatoms. The van der Waals surface area contributed by atoms with Crippen LogP contribution in [0.5, 0.6) is 0 Å². The fourth-order valence-electron chi connectivity index (χ4n) is 3.24. The molecule has 3 heterocycles. The molecule has 0 aliphatic carbocycles. The zero-order chi connectivity index (χ0) is 18.8. The van der Waals surface area contributed by atoms with Gasteiger partial charge in [0.15, 0.2) is 0 Å². The molecule has 0 saturated carbocycles. The summed E-state index contributed by atoms with van der Waals surface area (Å²) in [5.74, 6) is -0.0340. The van der Waals surface area contributed by atoms with Gasteiger partial charge >= 0.3 is 0 Å². The molecule has 0 aliphatic rings. The second-order valence-corrected chi connectivity index (χ2v) is 6.68. The normalized spacial score (nSPS) is 11.0. The maximum absolute atomic E-state index is 12.7. The first-order valence-electron chi connectivity index (χ1n) is 8.90. The van der Waals surface area contributed by atoms with E-state index < -0.39 is 0 Å². The second-order valence-electron chi connectivity index (χ2n) is 6.68. The second kappa shape index (κ2) is 7.07. The Labute approximate surface area is 157 Å². The van der Waals surface area contributed by atoms with Gasteiger partial charge in [-0.15, -0.1) is 0 Å². The number of aryl methyl sites for hydroxylation is 1. The van der Waals surface area contributed by atoms with Crippen molar-refractivity contribution in [1.82, 2.24) is 24.8 Å². The third-order valence-corrected chi connectivity index (χ3v) is 4.78. The van der Waals surface area contributed by atoms with E-state index >= 15 is 0 Å². The van der Waals surface area contributed by atoms with Crippen LogP contribution in [0.25, 0.3) is 22.3 Å². The molecule has 27 heavy (non-hydrogen) atoms. The summed E-state index contributed by atoms with van der Waals surface area (Å²) >= 11 is 0. The summed E-state index contributed by atoms with van der Waals surface area (Å²) in [5, 5.41) is 0.980. The number of benzene rings is 1. The maximum Gasteiger partial charge on any atom is 0.270 e. The van der Waals surface area contributed by atoms with Gasteiger partial charge in [-0.25, -0.2) is 9.97 Å². The number of hydrogen-bond donors (Lipinski definition) is 2. The minimum atomic E-state index is -0.0340. The Morgan fingerprint density at radius 3 is 2.74 bits per heavy atom. The largest absolute Gasteiger partial charge is 0.357 e. The SMILES string of the molecule is Cc1c[nH]c2ncnc(-c3c[nH]c(C(=O)N(C)CCc4ccccc4)c3)c12. The highest BCUT2D eigenvalue weighted by molar-refractivity contribution is 5.97. The number of aromatic nitrogens is 4. The van der Waals surface area contributed by atoms with Crippen molar-refractivity contribution < 1.29 is 4.79 Å². The van der Waals surface area contributed by atoms with E-state index in [-0.39, 0.29) is 5.91 Å². The van der Waals surface area contributed by atoms with Crippen LogP contribution in [0.3, 0.4) is 0 Å². The third-order valence-electron chi connectivity index (χ3n) is 4.78. The Morgan fingerprint density at radius 1 is 1.11 bits per heavy atom. The van der Waals surface area contributed by atoms with Crippen LogP contribution in [0.1, 0.15) is 21.6 Å². The van der Waals surface area contributed by atoms with Gasteiger partial charge in [0.25, 0.3) is 5.91 Å². The molecule has 4 aromatic rings. The predicted molar refractivity (Wildman–Crippen MR) is 106 cm³/mol. The molecule has 136 valence electrons. The van der Waals surface area contributed by atoms with Crippen molar-refractivity contribution in [2.45, 2.75) is 13.3 Å². The lowest BCUT2D eigenvalue weighted by molar-refractivity contribution is 0.0791. The highest BCUT2D eigenvalue weighted by Gasteiger charge is 2.17. The predicted octanol–water partition coefficient (Wildman–Crippen LogP) is 3.58. The number of likely N-dealkylation sites (N-methyl/N-ethyl adjacent to an activating group) is 1. The van der Waals surface area contributed by atoms with Crippen LogP contribution in [-0.2, 0) is 6.42 Å². The molecule has 0 aliphatic heterocycles. The molecule has 3 aromatic heterocycles. The molecule has 0 saturated heterocycles. The van der Waals surface area contributed by atoms with Gasteiger partial charge in [-0.05, 0) is 30.5 Å². The van der Waals surface area contributed by atoms with Crippen molar-refractivity contribution >= 4 is 16.9 Å². The van der Waals surface area contributed by atoms with E-state index in [1.165, 1.54) is 11.9 Å². The summed E-state index contributed by atoms with van der Waals surface area (Å²) in [7, 11) is 1.82. The Hall–Kier alpha value is -3.41. The summed E-state index contributed by atoms with van der Waals surface area (Å²) in [6.45, 7) is 2.67. The Bertz CT molecular complexity index is 1080. The Kier molecular flexibility index (Phi) is 4.46. The molecule has 4 rings (SSSR count). The number of carbonyl (C=O) groups excluding carboxylic acids is 1. The van der Waals surface area contributed by atoms with E-state index in [4.69, 9.17) is 0 Å². The van der Waals surface area contributed by atoms with E-state index in [2.05, 4.69) is 32.1 Å². The van der Waals surface area contributed by atoms with Gasteiger partial charge in [0.1, 0.15) is 17.7 Å². The molecule has 0 bridgehead atoms.